The molecule has 0 fully saturated rings. The second-order valence-corrected chi connectivity index (χ2v) is 3.96. The van der Waals surface area contributed by atoms with Gasteiger partial charge in [0.1, 0.15) is 0 Å². The fourth-order valence-electron chi connectivity index (χ4n) is 1.63. The second-order valence-electron chi connectivity index (χ2n) is 3.96. The van der Waals surface area contributed by atoms with E-state index in [1.165, 1.54) is 0 Å². The fraction of sp³-hybridized carbons (Fsp3) is 0.455. The third-order valence-electron chi connectivity index (χ3n) is 2.66. The molecule has 15 heavy (non-hydrogen) atoms. The Morgan fingerprint density at radius 1 is 1.40 bits per heavy atom. The summed E-state index contributed by atoms with van der Waals surface area (Å²) >= 11 is 0. The summed E-state index contributed by atoms with van der Waals surface area (Å²) < 4.78 is 10.5. The Balaban J connectivity index is 2.29. The van der Waals surface area contributed by atoms with E-state index in [1.54, 1.807) is 0 Å². The van der Waals surface area contributed by atoms with Crippen molar-refractivity contribution in [1.82, 2.24) is 0 Å². The number of ether oxygens (including phenoxy) is 2. The molecule has 3 N–H and O–H groups in total. The maximum Gasteiger partial charge on any atom is 0.231 e. The van der Waals surface area contributed by atoms with Crippen LogP contribution in [0.5, 0.6) is 11.5 Å². The van der Waals surface area contributed by atoms with E-state index in [2.05, 4.69) is 0 Å². The van der Waals surface area contributed by atoms with Gasteiger partial charge in [0.25, 0.3) is 0 Å². The molecule has 1 aliphatic heterocycles. The van der Waals surface area contributed by atoms with E-state index < -0.39 is 5.54 Å². The first-order valence-electron chi connectivity index (χ1n) is 4.93. The average Bonchev–Trinajstić information content (AvgIpc) is 2.63. The molecule has 0 amide bonds. The van der Waals surface area contributed by atoms with Crippen LogP contribution in [0, 0.1) is 0 Å². The fourth-order valence-corrected chi connectivity index (χ4v) is 1.63. The number of benzene rings is 1. The van der Waals surface area contributed by atoms with Crippen LogP contribution in [-0.4, -0.2) is 18.5 Å². The van der Waals surface area contributed by atoms with E-state index >= 15 is 0 Å². The molecule has 0 bridgehead atoms. The highest BCUT2D eigenvalue weighted by molar-refractivity contribution is 5.46. The van der Waals surface area contributed by atoms with E-state index in [-0.39, 0.29) is 13.4 Å². The first kappa shape index (κ1) is 10.3. The number of fused-ring (bicyclic) bond motifs is 1. The molecule has 2 rings (SSSR count). The van der Waals surface area contributed by atoms with Crippen molar-refractivity contribution < 1.29 is 14.6 Å². The summed E-state index contributed by atoms with van der Waals surface area (Å²) in [6.45, 7) is 2.22. The highest BCUT2D eigenvalue weighted by atomic mass is 16.7. The monoisotopic (exact) mass is 209 g/mol. The van der Waals surface area contributed by atoms with Crippen molar-refractivity contribution in [2.45, 2.75) is 18.9 Å². The highest BCUT2D eigenvalue weighted by Crippen LogP contribution is 2.35. The molecule has 1 atom stereocenters. The zero-order valence-electron chi connectivity index (χ0n) is 8.69. The third kappa shape index (κ3) is 1.91. The van der Waals surface area contributed by atoms with E-state index in [0.717, 1.165) is 17.1 Å². The van der Waals surface area contributed by atoms with Crippen LogP contribution in [-0.2, 0) is 5.54 Å². The summed E-state index contributed by atoms with van der Waals surface area (Å²) in [5, 5.41) is 8.92. The average molecular weight is 209 g/mol. The van der Waals surface area contributed by atoms with Crippen molar-refractivity contribution in [2.75, 3.05) is 13.4 Å². The lowest BCUT2D eigenvalue weighted by Crippen LogP contribution is -2.33. The zero-order valence-corrected chi connectivity index (χ0v) is 8.69. The Kier molecular flexibility index (Phi) is 2.54. The lowest BCUT2D eigenvalue weighted by molar-refractivity contribution is 0.174. The first-order chi connectivity index (χ1) is 7.13. The molecular weight excluding hydrogens is 194 g/mol. The molecule has 82 valence electrons. The van der Waals surface area contributed by atoms with Gasteiger partial charge in [-0.15, -0.1) is 0 Å². The molecule has 0 aliphatic carbocycles. The molecule has 0 saturated heterocycles. The van der Waals surface area contributed by atoms with Crippen LogP contribution in [0.2, 0.25) is 0 Å². The summed E-state index contributed by atoms with van der Waals surface area (Å²) in [5.41, 5.74) is 6.50. The van der Waals surface area contributed by atoms with Gasteiger partial charge in [0, 0.05) is 12.1 Å². The largest absolute Gasteiger partial charge is 0.454 e. The van der Waals surface area contributed by atoms with Gasteiger partial charge in [0.05, 0.1) is 0 Å². The van der Waals surface area contributed by atoms with E-state index in [1.807, 2.05) is 25.1 Å². The van der Waals surface area contributed by atoms with Crippen molar-refractivity contribution >= 4 is 0 Å². The lowest BCUT2D eigenvalue weighted by Gasteiger charge is -2.24. The van der Waals surface area contributed by atoms with Crippen LogP contribution >= 0.6 is 0 Å². The Labute approximate surface area is 88.6 Å². The molecule has 0 spiro atoms. The smallest absolute Gasteiger partial charge is 0.231 e. The number of hydrogen-bond acceptors (Lipinski definition) is 4. The van der Waals surface area contributed by atoms with Crippen molar-refractivity contribution in [3.05, 3.63) is 23.8 Å². The first-order valence-corrected chi connectivity index (χ1v) is 4.93. The van der Waals surface area contributed by atoms with Crippen LogP contribution in [0.15, 0.2) is 18.2 Å². The van der Waals surface area contributed by atoms with Crippen LogP contribution in [0.1, 0.15) is 18.9 Å². The quantitative estimate of drug-likeness (QED) is 0.778. The van der Waals surface area contributed by atoms with Crippen molar-refractivity contribution in [2.24, 2.45) is 5.73 Å². The third-order valence-corrected chi connectivity index (χ3v) is 2.66. The minimum atomic E-state index is -0.532. The van der Waals surface area contributed by atoms with Gasteiger partial charge in [-0.2, -0.15) is 0 Å². The van der Waals surface area contributed by atoms with Crippen LogP contribution in [0.4, 0.5) is 0 Å². The van der Waals surface area contributed by atoms with Crippen molar-refractivity contribution in [1.29, 1.82) is 0 Å². The summed E-state index contributed by atoms with van der Waals surface area (Å²) in [4.78, 5) is 0. The molecule has 0 aromatic heterocycles. The van der Waals surface area contributed by atoms with E-state index in [9.17, 15) is 0 Å². The minimum Gasteiger partial charge on any atom is -0.454 e. The number of rotatable bonds is 3. The second kappa shape index (κ2) is 3.72. The Hall–Kier alpha value is -1.26. The number of aliphatic hydroxyl groups excluding tert-OH is 1. The highest BCUT2D eigenvalue weighted by Gasteiger charge is 2.23. The SMILES string of the molecule is CC(N)(CCO)c1ccc2c(c1)OCO2. The standard InChI is InChI=1S/C11H15NO3/c1-11(12,4-5-13)8-2-3-9-10(6-8)15-7-14-9/h2-3,6,13H,4-5,7,12H2,1H3. The van der Waals surface area contributed by atoms with Gasteiger partial charge in [-0.3, -0.25) is 0 Å². The van der Waals surface area contributed by atoms with Crippen LogP contribution in [0.3, 0.4) is 0 Å². The molecule has 1 heterocycles. The van der Waals surface area contributed by atoms with Gasteiger partial charge in [0.2, 0.25) is 6.79 Å². The Morgan fingerprint density at radius 3 is 2.87 bits per heavy atom. The van der Waals surface area contributed by atoms with Gasteiger partial charge in [-0.25, -0.2) is 0 Å². The van der Waals surface area contributed by atoms with Gasteiger partial charge >= 0.3 is 0 Å². The summed E-state index contributed by atoms with van der Waals surface area (Å²) in [7, 11) is 0. The number of hydrogen-bond donors (Lipinski definition) is 2. The predicted octanol–water partition coefficient (Wildman–Crippen LogP) is 0.972. The number of nitrogens with two attached hydrogens (primary N) is 1. The van der Waals surface area contributed by atoms with Crippen LogP contribution < -0.4 is 15.2 Å². The molecule has 0 saturated carbocycles. The molecule has 1 unspecified atom stereocenters. The van der Waals surface area contributed by atoms with E-state index in [4.69, 9.17) is 20.3 Å². The summed E-state index contributed by atoms with van der Waals surface area (Å²) in [6.07, 6.45) is 0.520. The van der Waals surface area contributed by atoms with Crippen molar-refractivity contribution in [3.8, 4) is 11.5 Å². The van der Waals surface area contributed by atoms with Crippen molar-refractivity contribution in [3.63, 3.8) is 0 Å². The molecule has 4 heteroatoms. The van der Waals surface area contributed by atoms with E-state index in [0.29, 0.717) is 6.42 Å². The van der Waals surface area contributed by atoms with Gasteiger partial charge < -0.3 is 20.3 Å². The lowest BCUT2D eigenvalue weighted by atomic mass is 9.90. The topological polar surface area (TPSA) is 64.7 Å². The Morgan fingerprint density at radius 2 is 2.13 bits per heavy atom. The predicted molar refractivity (Wildman–Crippen MR) is 55.8 cm³/mol. The molecular formula is C11H15NO3. The summed E-state index contributed by atoms with van der Waals surface area (Å²) in [5.74, 6) is 1.47. The zero-order chi connectivity index (χ0) is 10.9. The normalized spacial score (nSPS) is 17.5. The van der Waals surface area contributed by atoms with Crippen LogP contribution in [0.25, 0.3) is 0 Å². The molecule has 1 aromatic rings. The minimum absolute atomic E-state index is 0.0709. The van der Waals surface area contributed by atoms with Gasteiger partial charge in [-0.1, -0.05) is 6.07 Å². The Bertz CT molecular complexity index is 363. The maximum absolute atomic E-state index is 8.92. The van der Waals surface area contributed by atoms with Gasteiger partial charge in [0.15, 0.2) is 11.5 Å². The summed E-state index contributed by atoms with van der Waals surface area (Å²) in [6, 6.07) is 5.63. The molecule has 1 aromatic carbocycles. The molecule has 1 aliphatic rings. The maximum atomic E-state index is 8.92. The van der Waals surface area contributed by atoms with Gasteiger partial charge in [-0.05, 0) is 31.0 Å². The molecule has 0 radical (unpaired) electrons. The number of aliphatic hydroxyl groups is 1. The molecule has 4 nitrogen and oxygen atoms in total.